The Kier molecular flexibility index (Phi) is 6.13. The summed E-state index contributed by atoms with van der Waals surface area (Å²) in [7, 11) is 0. The molecule has 1 aromatic heterocycles. The van der Waals surface area contributed by atoms with Crippen LogP contribution in [0.25, 0.3) is 11.1 Å². The van der Waals surface area contributed by atoms with Gasteiger partial charge < -0.3 is 20.3 Å². The molecule has 2 aromatic carbocycles. The van der Waals surface area contributed by atoms with Crippen LogP contribution in [0, 0.1) is 18.6 Å². The minimum absolute atomic E-state index is 0.0297. The monoisotopic (exact) mass is 469 g/mol. The van der Waals surface area contributed by atoms with Crippen LogP contribution in [-0.4, -0.2) is 28.2 Å². The number of aromatic carboxylic acids is 1. The Hall–Kier alpha value is -3.60. The fourth-order valence-electron chi connectivity index (χ4n) is 2.85. The number of carbonyl (C=O) groups is 2. The highest BCUT2D eigenvalue weighted by molar-refractivity contribution is 7.15. The molecule has 3 N–H and O–H groups in total. The van der Waals surface area contributed by atoms with E-state index in [4.69, 9.17) is 0 Å². The number of aromatic hydroxyl groups is 1. The molecule has 32 heavy (non-hydrogen) atoms. The Balaban J connectivity index is 1.99. The number of phenols is 1. The van der Waals surface area contributed by atoms with Crippen molar-refractivity contribution in [3.8, 4) is 22.6 Å². The van der Waals surface area contributed by atoms with E-state index >= 15 is 0 Å². The van der Waals surface area contributed by atoms with Gasteiger partial charge in [0.2, 0.25) is 0 Å². The average Bonchev–Trinajstić information content (AvgIpc) is 3.10. The van der Waals surface area contributed by atoms with E-state index in [0.717, 1.165) is 29.5 Å². The highest BCUT2D eigenvalue weighted by Gasteiger charge is 2.27. The van der Waals surface area contributed by atoms with Crippen molar-refractivity contribution in [1.29, 1.82) is 0 Å². The van der Waals surface area contributed by atoms with E-state index in [1.165, 1.54) is 24.4 Å². The molecule has 0 saturated carbocycles. The Morgan fingerprint density at radius 1 is 1.09 bits per heavy atom. The second kappa shape index (κ2) is 8.50. The first kappa shape index (κ1) is 23.1. The zero-order chi connectivity index (χ0) is 23.8. The summed E-state index contributed by atoms with van der Waals surface area (Å²) < 4.78 is 58.9. The van der Waals surface area contributed by atoms with Gasteiger partial charge in [-0.05, 0) is 30.7 Å². The second-order valence-corrected chi connectivity index (χ2v) is 7.64. The molecule has 0 atom stereocenters. The number of aryl methyl sites for hydroxylation is 1. The first-order valence-corrected chi connectivity index (χ1v) is 9.78. The van der Waals surface area contributed by atoms with Crippen LogP contribution in [-0.2, 0) is 0 Å². The Bertz CT molecular complexity index is 1220. The summed E-state index contributed by atoms with van der Waals surface area (Å²) in [5.74, 6) is -5.92. The van der Waals surface area contributed by atoms with E-state index in [-0.39, 0.29) is 21.7 Å². The maximum absolute atomic E-state index is 14.4. The topological polar surface area (TPSA) is 95.9 Å². The van der Waals surface area contributed by atoms with Gasteiger partial charge >= 0.3 is 12.1 Å². The van der Waals surface area contributed by atoms with E-state index in [1.54, 1.807) is 0 Å². The molecule has 0 radical (unpaired) electrons. The number of hydrogen-bond acceptors (Lipinski definition) is 5. The number of hydrogen-bond donors (Lipinski definition) is 3. The van der Waals surface area contributed by atoms with Gasteiger partial charge in [0.1, 0.15) is 22.1 Å². The number of anilines is 1. The Morgan fingerprint density at radius 3 is 2.41 bits per heavy atom. The van der Waals surface area contributed by atoms with Crippen molar-refractivity contribution in [2.24, 2.45) is 0 Å². The largest absolute Gasteiger partial charge is 0.507 e. The van der Waals surface area contributed by atoms with Crippen LogP contribution in [0.4, 0.5) is 22.6 Å². The molecule has 11 heteroatoms. The van der Waals surface area contributed by atoms with Gasteiger partial charge in [0.05, 0.1) is 5.56 Å². The van der Waals surface area contributed by atoms with Gasteiger partial charge in [-0.2, -0.15) is 8.78 Å². The lowest BCUT2D eigenvalue weighted by Crippen LogP contribution is -2.20. The number of amides is 1. The lowest BCUT2D eigenvalue weighted by atomic mass is 10.0. The Labute approximate surface area is 182 Å². The van der Waals surface area contributed by atoms with E-state index in [0.29, 0.717) is 6.92 Å². The lowest BCUT2D eigenvalue weighted by molar-refractivity contribution is -0.159. The van der Waals surface area contributed by atoms with Crippen LogP contribution in [0.2, 0.25) is 0 Å². The summed E-state index contributed by atoms with van der Waals surface area (Å²) in [5.41, 5.74) is -1.42. The first-order chi connectivity index (χ1) is 14.9. The zero-order valence-electron chi connectivity index (χ0n) is 16.5. The van der Waals surface area contributed by atoms with E-state index < -0.39 is 52.2 Å². The molecule has 6 nitrogen and oxygen atoms in total. The number of carbonyl (C=O) groups excluding carboxylic acids is 1. The minimum Gasteiger partial charge on any atom is -0.507 e. The van der Waals surface area contributed by atoms with E-state index in [9.17, 15) is 37.4 Å². The molecule has 1 heterocycles. The van der Waals surface area contributed by atoms with Gasteiger partial charge in [0.15, 0.2) is 11.6 Å². The van der Waals surface area contributed by atoms with Crippen molar-refractivity contribution in [3.05, 3.63) is 64.0 Å². The van der Waals surface area contributed by atoms with Gasteiger partial charge in [0.25, 0.3) is 5.91 Å². The van der Waals surface area contributed by atoms with Crippen LogP contribution in [0.5, 0.6) is 11.5 Å². The number of nitrogens with one attached hydrogen (secondary N) is 1. The molecule has 3 aromatic rings. The van der Waals surface area contributed by atoms with Crippen LogP contribution >= 0.6 is 11.3 Å². The smallest absolute Gasteiger partial charge is 0.394 e. The van der Waals surface area contributed by atoms with Gasteiger partial charge in [-0.1, -0.05) is 12.1 Å². The van der Waals surface area contributed by atoms with Gasteiger partial charge in [-0.15, -0.1) is 11.3 Å². The van der Waals surface area contributed by atoms with Gasteiger partial charge in [-0.3, -0.25) is 4.79 Å². The fraction of sp³-hybridized carbons (Fsp3) is 0.143. The van der Waals surface area contributed by atoms with Crippen molar-refractivity contribution in [2.75, 3.05) is 5.32 Å². The number of halogens is 4. The predicted octanol–water partition coefficient (Wildman–Crippen LogP) is 5.65. The molecule has 0 bridgehead atoms. The third-order valence-corrected chi connectivity index (χ3v) is 5.20. The molecular weight excluding hydrogens is 454 g/mol. The number of phenolic OH excluding ortho intramolecular Hbond substituents is 1. The number of carboxylic acids is 1. The summed E-state index contributed by atoms with van der Waals surface area (Å²) in [6.45, 7) is 1.83. The second-order valence-electron chi connectivity index (χ2n) is 6.76. The molecule has 0 aliphatic rings. The summed E-state index contributed by atoms with van der Waals surface area (Å²) in [4.78, 5) is 24.4. The molecular formula is C21H15F4NO5S. The molecule has 0 aliphatic heterocycles. The van der Waals surface area contributed by atoms with Crippen LogP contribution < -0.4 is 10.1 Å². The number of carboxylic acid groups (broad SMARTS) is 1. The molecule has 0 saturated heterocycles. The first-order valence-electron chi connectivity index (χ1n) is 8.90. The summed E-state index contributed by atoms with van der Waals surface area (Å²) in [6, 6.07) is 5.32. The molecule has 0 fully saturated rings. The maximum Gasteiger partial charge on any atom is 0.394 e. The predicted molar refractivity (Wildman–Crippen MR) is 109 cm³/mol. The molecule has 0 spiro atoms. The number of rotatable bonds is 6. The quantitative estimate of drug-likeness (QED) is 0.406. The van der Waals surface area contributed by atoms with E-state index in [2.05, 4.69) is 10.1 Å². The SMILES string of the molecule is Cc1ccc(-c2csc(NC(=O)c3cc(OC(C)(F)F)ccc3O)c2C(=O)O)c(F)c1F. The van der Waals surface area contributed by atoms with Crippen molar-refractivity contribution in [2.45, 2.75) is 20.0 Å². The van der Waals surface area contributed by atoms with Gasteiger partial charge in [0, 0.05) is 23.4 Å². The molecule has 0 unspecified atom stereocenters. The third kappa shape index (κ3) is 4.67. The van der Waals surface area contributed by atoms with E-state index in [1.807, 2.05) is 0 Å². The number of alkyl halides is 2. The Morgan fingerprint density at radius 2 is 1.78 bits per heavy atom. The molecule has 168 valence electrons. The third-order valence-electron chi connectivity index (χ3n) is 4.31. The highest BCUT2D eigenvalue weighted by atomic mass is 32.1. The van der Waals surface area contributed by atoms with Gasteiger partial charge in [-0.25, -0.2) is 13.6 Å². The highest BCUT2D eigenvalue weighted by Crippen LogP contribution is 2.38. The van der Waals surface area contributed by atoms with Crippen LogP contribution in [0.15, 0.2) is 35.7 Å². The molecule has 1 amide bonds. The van der Waals surface area contributed by atoms with Crippen molar-refractivity contribution >= 4 is 28.2 Å². The molecule has 3 rings (SSSR count). The van der Waals surface area contributed by atoms with Crippen LogP contribution in [0.3, 0.4) is 0 Å². The van der Waals surface area contributed by atoms with Crippen LogP contribution in [0.1, 0.15) is 33.2 Å². The summed E-state index contributed by atoms with van der Waals surface area (Å²) >= 11 is 0.726. The van der Waals surface area contributed by atoms with Crippen molar-refractivity contribution in [1.82, 2.24) is 0 Å². The summed E-state index contributed by atoms with van der Waals surface area (Å²) in [5, 5.41) is 22.8. The standard InChI is InChI=1S/C21H15F4NO5S/c1-9-3-5-11(17(23)16(9)22)13-8-32-19(15(13)20(29)30)26-18(28)12-7-10(4-6-14(12)27)31-21(2,24)25/h3-8,27H,1-2H3,(H,26,28)(H,29,30). The minimum atomic E-state index is -3.54. The normalized spacial score (nSPS) is 11.3. The number of benzene rings is 2. The average molecular weight is 469 g/mol. The number of thiophene rings is 1. The number of ether oxygens (including phenoxy) is 1. The molecule has 0 aliphatic carbocycles. The van der Waals surface area contributed by atoms with Crippen molar-refractivity contribution in [3.63, 3.8) is 0 Å². The zero-order valence-corrected chi connectivity index (χ0v) is 17.3. The fourth-order valence-corrected chi connectivity index (χ4v) is 3.80. The summed E-state index contributed by atoms with van der Waals surface area (Å²) in [6.07, 6.45) is -3.54. The lowest BCUT2D eigenvalue weighted by Gasteiger charge is -2.14. The maximum atomic E-state index is 14.4. The van der Waals surface area contributed by atoms with Crippen molar-refractivity contribution < 1.29 is 42.1 Å².